The Morgan fingerprint density at radius 3 is 2.24 bits per heavy atom. The second kappa shape index (κ2) is 10.5. The average molecular weight is 672 g/mol. The second-order valence-electron chi connectivity index (χ2n) is 14.4. The van der Waals surface area contributed by atoms with Gasteiger partial charge in [-0.25, -0.2) is 4.99 Å². The Kier molecular flexibility index (Phi) is 5.95. The fraction of sp³-hybridized carbons (Fsp3) is 0.0851. The lowest BCUT2D eigenvalue weighted by Crippen LogP contribution is -2.27. The molecule has 3 nitrogen and oxygen atoms in total. The van der Waals surface area contributed by atoms with Gasteiger partial charge in [-0.15, -0.1) is 11.3 Å². The molecule has 0 saturated carbocycles. The van der Waals surface area contributed by atoms with Crippen LogP contribution in [0.4, 0.5) is 5.69 Å². The van der Waals surface area contributed by atoms with Gasteiger partial charge in [0.2, 0.25) is 5.96 Å². The van der Waals surface area contributed by atoms with Crippen LogP contribution in [0.5, 0.6) is 0 Å². The molecule has 2 aromatic heterocycles. The molecule has 1 aliphatic carbocycles. The number of nitrogens with one attached hydrogen (secondary N) is 1. The molecule has 1 atom stereocenters. The molecule has 7 aromatic carbocycles. The Bertz CT molecular complexity index is 2920. The van der Waals surface area contributed by atoms with Crippen LogP contribution in [0.3, 0.4) is 0 Å². The Balaban J connectivity index is 1.06. The van der Waals surface area contributed by atoms with Crippen LogP contribution >= 0.6 is 11.3 Å². The highest BCUT2D eigenvalue weighted by Gasteiger charge is 2.35. The average Bonchev–Trinajstić information content (AvgIpc) is 3.80. The highest BCUT2D eigenvalue weighted by atomic mass is 32.1. The molecule has 242 valence electrons. The fourth-order valence-electron chi connectivity index (χ4n) is 8.79. The van der Waals surface area contributed by atoms with Crippen molar-refractivity contribution in [1.29, 1.82) is 0 Å². The van der Waals surface area contributed by atoms with Crippen molar-refractivity contribution < 1.29 is 0 Å². The summed E-state index contributed by atoms with van der Waals surface area (Å²) in [5.41, 5.74) is 13.7. The first-order chi connectivity index (χ1) is 25.0. The Morgan fingerprint density at radius 2 is 1.33 bits per heavy atom. The molecule has 0 amide bonds. The predicted molar refractivity (Wildman–Crippen MR) is 217 cm³/mol. The molecule has 1 N–H and O–H groups in total. The number of hydrogen-bond acceptors (Lipinski definition) is 3. The van der Waals surface area contributed by atoms with Gasteiger partial charge in [-0.3, -0.25) is 4.57 Å². The number of para-hydroxylation sites is 2. The van der Waals surface area contributed by atoms with Gasteiger partial charge in [-0.2, -0.15) is 0 Å². The molecule has 0 saturated heterocycles. The van der Waals surface area contributed by atoms with Crippen molar-refractivity contribution in [2.24, 2.45) is 4.99 Å². The van der Waals surface area contributed by atoms with Gasteiger partial charge in [-0.1, -0.05) is 135 Å². The van der Waals surface area contributed by atoms with E-state index in [-0.39, 0.29) is 11.5 Å². The summed E-state index contributed by atoms with van der Waals surface area (Å²) in [5, 5.41) is 8.83. The molecule has 9 aromatic rings. The van der Waals surface area contributed by atoms with Gasteiger partial charge in [0.05, 0.1) is 11.0 Å². The van der Waals surface area contributed by atoms with E-state index in [9.17, 15) is 0 Å². The Labute approximate surface area is 300 Å². The fourth-order valence-corrected chi connectivity index (χ4v) is 9.90. The third kappa shape index (κ3) is 4.08. The van der Waals surface area contributed by atoms with Crippen LogP contribution in [0.2, 0.25) is 0 Å². The molecule has 3 heterocycles. The molecular weight excluding hydrogens is 639 g/mol. The summed E-state index contributed by atoms with van der Waals surface area (Å²) in [5.74, 6) is 0.845. The zero-order valence-corrected chi connectivity index (χ0v) is 29.1. The maximum Gasteiger partial charge on any atom is 0.208 e. The standard InChI is InChI=1S/C47H33N3S/c1-47(2)37-15-7-3-11-31(37)32-24-23-30(27-38(32)47)28-19-21-29(22-20-28)44-35-13-4-8-16-39(35)48-46(49-44)50-40-17-9-5-12-33(40)34-25-26-42-43(45(34)50)36-14-6-10-18-41(36)51-42/h3-27,44H,1-2H3,(H,48,49). The van der Waals surface area contributed by atoms with E-state index < -0.39 is 0 Å². The summed E-state index contributed by atoms with van der Waals surface area (Å²) >= 11 is 1.86. The first kappa shape index (κ1) is 28.8. The van der Waals surface area contributed by atoms with Crippen LogP contribution in [0.15, 0.2) is 157 Å². The molecule has 0 radical (unpaired) electrons. The van der Waals surface area contributed by atoms with E-state index in [1.807, 2.05) is 11.3 Å². The lowest BCUT2D eigenvalue weighted by Gasteiger charge is -2.27. The monoisotopic (exact) mass is 671 g/mol. The lowest BCUT2D eigenvalue weighted by molar-refractivity contribution is 0.660. The molecule has 1 aliphatic heterocycles. The highest BCUT2D eigenvalue weighted by Crippen LogP contribution is 2.50. The van der Waals surface area contributed by atoms with Gasteiger partial charge >= 0.3 is 0 Å². The van der Waals surface area contributed by atoms with Crippen LogP contribution in [0.1, 0.15) is 42.1 Å². The van der Waals surface area contributed by atoms with Crippen molar-refractivity contribution in [3.8, 4) is 22.3 Å². The van der Waals surface area contributed by atoms with Crippen LogP contribution in [0, 0.1) is 0 Å². The van der Waals surface area contributed by atoms with Crippen molar-refractivity contribution in [2.75, 3.05) is 5.32 Å². The van der Waals surface area contributed by atoms with Crippen LogP contribution in [-0.2, 0) is 5.41 Å². The minimum Gasteiger partial charge on any atom is -0.325 e. The summed E-state index contributed by atoms with van der Waals surface area (Å²) in [7, 11) is 0. The molecule has 1 unspecified atom stereocenters. The summed E-state index contributed by atoms with van der Waals surface area (Å²) in [6.45, 7) is 4.69. The maximum atomic E-state index is 5.57. The van der Waals surface area contributed by atoms with E-state index in [0.717, 1.165) is 17.2 Å². The zero-order valence-electron chi connectivity index (χ0n) is 28.3. The van der Waals surface area contributed by atoms with E-state index in [1.54, 1.807) is 0 Å². The summed E-state index contributed by atoms with van der Waals surface area (Å²) in [4.78, 5) is 5.57. The van der Waals surface area contributed by atoms with Crippen molar-refractivity contribution in [3.05, 3.63) is 174 Å². The highest BCUT2D eigenvalue weighted by molar-refractivity contribution is 7.26. The van der Waals surface area contributed by atoms with E-state index in [1.165, 1.54) is 81.0 Å². The van der Waals surface area contributed by atoms with Gasteiger partial charge in [0.1, 0.15) is 6.04 Å². The second-order valence-corrected chi connectivity index (χ2v) is 15.5. The molecule has 2 aliphatic rings. The van der Waals surface area contributed by atoms with Gasteiger partial charge in [-0.05, 0) is 69.3 Å². The van der Waals surface area contributed by atoms with E-state index in [4.69, 9.17) is 4.99 Å². The first-order valence-corrected chi connectivity index (χ1v) is 18.5. The van der Waals surface area contributed by atoms with Crippen LogP contribution in [0.25, 0.3) is 64.2 Å². The van der Waals surface area contributed by atoms with Crippen molar-refractivity contribution >= 4 is 65.0 Å². The Morgan fingerprint density at radius 1 is 0.608 bits per heavy atom. The number of rotatable bonds is 2. The third-order valence-electron chi connectivity index (χ3n) is 11.3. The molecular formula is C47H33N3S. The molecule has 11 rings (SSSR count). The van der Waals surface area contributed by atoms with Crippen molar-refractivity contribution in [2.45, 2.75) is 25.3 Å². The molecule has 0 spiro atoms. The van der Waals surface area contributed by atoms with E-state index in [2.05, 4.69) is 175 Å². The number of thiophene rings is 1. The Hall–Kier alpha value is -5.97. The maximum absolute atomic E-state index is 5.57. The van der Waals surface area contributed by atoms with E-state index >= 15 is 0 Å². The smallest absolute Gasteiger partial charge is 0.208 e. The predicted octanol–water partition coefficient (Wildman–Crippen LogP) is 12.6. The van der Waals surface area contributed by atoms with Gasteiger partial charge in [0, 0.05) is 47.6 Å². The SMILES string of the molecule is CC1(C)c2ccccc2-c2ccc(-c3ccc(C4N=C(n5c6ccccc6c6ccc7sc8ccccc8c7c65)Nc5ccccc54)cc3)cc21. The summed E-state index contributed by atoms with van der Waals surface area (Å²) in [6, 6.07) is 55.4. The summed E-state index contributed by atoms with van der Waals surface area (Å²) in [6.07, 6.45) is 0. The quantitative estimate of drug-likeness (QED) is 0.195. The number of fused-ring (bicyclic) bond motifs is 11. The zero-order chi connectivity index (χ0) is 33.8. The number of aliphatic imine (C=N–C) groups is 1. The molecule has 51 heavy (non-hydrogen) atoms. The van der Waals surface area contributed by atoms with Crippen molar-refractivity contribution in [1.82, 2.24) is 4.57 Å². The molecule has 0 fully saturated rings. The normalized spacial score (nSPS) is 15.9. The number of benzene rings is 7. The number of anilines is 1. The number of hydrogen-bond donors (Lipinski definition) is 1. The third-order valence-corrected chi connectivity index (χ3v) is 12.4. The number of nitrogens with zero attached hydrogens (tertiary/aromatic N) is 2. The van der Waals surface area contributed by atoms with Gasteiger partial charge in [0.15, 0.2) is 0 Å². The van der Waals surface area contributed by atoms with Gasteiger partial charge < -0.3 is 5.32 Å². The largest absolute Gasteiger partial charge is 0.325 e. The lowest BCUT2D eigenvalue weighted by atomic mass is 9.81. The van der Waals surface area contributed by atoms with Crippen LogP contribution < -0.4 is 5.32 Å². The van der Waals surface area contributed by atoms with Gasteiger partial charge in [0.25, 0.3) is 0 Å². The molecule has 0 bridgehead atoms. The minimum atomic E-state index is -0.158. The summed E-state index contributed by atoms with van der Waals surface area (Å²) < 4.78 is 4.96. The van der Waals surface area contributed by atoms with Crippen LogP contribution in [-0.4, -0.2) is 10.5 Å². The molecule has 4 heteroatoms. The topological polar surface area (TPSA) is 29.3 Å². The number of aromatic nitrogens is 1. The van der Waals surface area contributed by atoms with Crippen molar-refractivity contribution in [3.63, 3.8) is 0 Å². The van der Waals surface area contributed by atoms with E-state index in [0.29, 0.717) is 0 Å². The minimum absolute atomic E-state index is 0.0283. The first-order valence-electron chi connectivity index (χ1n) is 17.7.